The summed E-state index contributed by atoms with van der Waals surface area (Å²) in [5, 5.41) is 0. The van der Waals surface area contributed by atoms with Crippen LogP contribution >= 0.6 is 0 Å². The van der Waals surface area contributed by atoms with Crippen LogP contribution < -0.4 is 10.5 Å². The molecule has 0 radical (unpaired) electrons. The lowest BCUT2D eigenvalue weighted by Crippen LogP contribution is -2.29. The number of hydrogen-bond acceptors (Lipinski definition) is 3. The molecule has 1 aromatic carbocycles. The van der Waals surface area contributed by atoms with Gasteiger partial charge >= 0.3 is 0 Å². The summed E-state index contributed by atoms with van der Waals surface area (Å²) >= 11 is 0. The number of benzene rings is 1. The van der Waals surface area contributed by atoms with Gasteiger partial charge in [-0.3, -0.25) is 0 Å². The van der Waals surface area contributed by atoms with E-state index in [9.17, 15) is 0 Å². The highest BCUT2D eigenvalue weighted by Gasteiger charge is 2.07. The average Bonchev–Trinajstić information content (AvgIpc) is 2.45. The van der Waals surface area contributed by atoms with Crippen LogP contribution in [0.15, 0.2) is 24.3 Å². The van der Waals surface area contributed by atoms with Gasteiger partial charge in [-0.25, -0.2) is 0 Å². The predicted molar refractivity (Wildman–Crippen MR) is 84.0 cm³/mol. The summed E-state index contributed by atoms with van der Waals surface area (Å²) < 4.78 is 5.81. The van der Waals surface area contributed by atoms with E-state index in [1.807, 2.05) is 24.3 Å². The Morgan fingerprint density at radius 2 is 1.80 bits per heavy atom. The smallest absolute Gasteiger partial charge is 0.119 e. The highest BCUT2D eigenvalue weighted by atomic mass is 16.5. The van der Waals surface area contributed by atoms with Crippen LogP contribution in [0.3, 0.4) is 0 Å². The molecule has 1 heterocycles. The molecule has 2 N–H and O–H groups in total. The second-order valence-corrected chi connectivity index (χ2v) is 5.66. The van der Waals surface area contributed by atoms with Crippen molar-refractivity contribution in [1.29, 1.82) is 0 Å². The van der Waals surface area contributed by atoms with E-state index in [0.29, 0.717) is 6.54 Å². The van der Waals surface area contributed by atoms with E-state index in [4.69, 9.17) is 10.5 Å². The van der Waals surface area contributed by atoms with Crippen LogP contribution in [-0.4, -0.2) is 31.1 Å². The molecule has 3 nitrogen and oxygen atoms in total. The minimum absolute atomic E-state index is 0.574. The van der Waals surface area contributed by atoms with E-state index in [1.165, 1.54) is 45.2 Å². The van der Waals surface area contributed by atoms with Gasteiger partial charge in [0.05, 0.1) is 6.61 Å². The van der Waals surface area contributed by atoms with Crippen LogP contribution in [0.5, 0.6) is 5.75 Å². The van der Waals surface area contributed by atoms with E-state index >= 15 is 0 Å². The lowest BCUT2D eigenvalue weighted by atomic mass is 10.1. The van der Waals surface area contributed by atoms with Crippen molar-refractivity contribution in [3.8, 4) is 5.75 Å². The van der Waals surface area contributed by atoms with Crippen LogP contribution in [-0.2, 0) is 6.54 Å². The molecule has 0 amide bonds. The van der Waals surface area contributed by atoms with Crippen molar-refractivity contribution in [2.75, 3.05) is 26.2 Å². The summed E-state index contributed by atoms with van der Waals surface area (Å²) in [4.78, 5) is 2.60. The molecule has 1 aliphatic rings. The lowest BCUT2D eigenvalue weighted by Gasteiger charge is -2.24. The molecule has 3 heteroatoms. The third-order valence-corrected chi connectivity index (χ3v) is 3.97. The molecule has 1 fully saturated rings. The highest BCUT2D eigenvalue weighted by Crippen LogP contribution is 2.14. The van der Waals surface area contributed by atoms with Gasteiger partial charge in [0.15, 0.2) is 0 Å². The third kappa shape index (κ3) is 5.51. The molecule has 0 aliphatic carbocycles. The quantitative estimate of drug-likeness (QED) is 0.811. The van der Waals surface area contributed by atoms with Crippen molar-refractivity contribution in [2.24, 2.45) is 5.73 Å². The molecular weight excluding hydrogens is 248 g/mol. The first-order valence-electron chi connectivity index (χ1n) is 8.02. The Morgan fingerprint density at radius 3 is 2.55 bits per heavy atom. The van der Waals surface area contributed by atoms with E-state index in [-0.39, 0.29) is 0 Å². The molecule has 1 saturated heterocycles. The van der Waals surface area contributed by atoms with Crippen LogP contribution in [0.2, 0.25) is 0 Å². The molecule has 1 aliphatic heterocycles. The summed E-state index contributed by atoms with van der Waals surface area (Å²) in [7, 11) is 0. The van der Waals surface area contributed by atoms with Crippen LogP contribution in [0.4, 0.5) is 0 Å². The number of likely N-dealkylation sites (tertiary alicyclic amines) is 1. The number of nitrogens with two attached hydrogens (primary N) is 1. The van der Waals surface area contributed by atoms with Crippen molar-refractivity contribution in [3.63, 3.8) is 0 Å². The van der Waals surface area contributed by atoms with E-state index in [2.05, 4.69) is 4.90 Å². The lowest BCUT2D eigenvalue weighted by molar-refractivity contribution is 0.218. The Morgan fingerprint density at radius 1 is 1.05 bits per heavy atom. The minimum atomic E-state index is 0.574. The van der Waals surface area contributed by atoms with Crippen LogP contribution in [0.25, 0.3) is 0 Å². The van der Waals surface area contributed by atoms with Gasteiger partial charge in [0, 0.05) is 13.1 Å². The minimum Gasteiger partial charge on any atom is -0.494 e. The van der Waals surface area contributed by atoms with Gasteiger partial charge in [-0.2, -0.15) is 0 Å². The summed E-state index contributed by atoms with van der Waals surface area (Å²) in [6.45, 7) is 5.07. The fourth-order valence-electron chi connectivity index (χ4n) is 2.78. The maximum Gasteiger partial charge on any atom is 0.119 e. The van der Waals surface area contributed by atoms with Crippen molar-refractivity contribution >= 4 is 0 Å². The van der Waals surface area contributed by atoms with E-state index in [0.717, 1.165) is 30.9 Å². The standard InChI is InChI=1S/C17H28N2O/c18-15-16-8-6-9-17(14-16)20-13-7-12-19-10-4-2-1-3-5-11-19/h6,8-9,14H,1-5,7,10-13,15,18H2. The molecule has 2 rings (SSSR count). The SMILES string of the molecule is NCc1cccc(OCCCN2CCCCCCC2)c1. The fourth-order valence-corrected chi connectivity index (χ4v) is 2.78. The number of nitrogens with zero attached hydrogens (tertiary/aromatic N) is 1. The zero-order valence-electron chi connectivity index (χ0n) is 12.5. The first-order chi connectivity index (χ1) is 9.88. The molecule has 0 spiro atoms. The van der Waals surface area contributed by atoms with Gasteiger partial charge in [0.25, 0.3) is 0 Å². The first kappa shape index (κ1) is 15.3. The maximum absolute atomic E-state index is 5.81. The molecule has 0 atom stereocenters. The van der Waals surface area contributed by atoms with Gasteiger partial charge < -0.3 is 15.4 Å². The fraction of sp³-hybridized carbons (Fsp3) is 0.647. The molecule has 0 aromatic heterocycles. The van der Waals surface area contributed by atoms with Crippen molar-refractivity contribution in [2.45, 2.75) is 45.1 Å². The van der Waals surface area contributed by atoms with E-state index in [1.54, 1.807) is 0 Å². The molecular formula is C17H28N2O. The predicted octanol–water partition coefficient (Wildman–Crippen LogP) is 3.18. The topological polar surface area (TPSA) is 38.5 Å². The highest BCUT2D eigenvalue weighted by molar-refractivity contribution is 5.28. The summed E-state index contributed by atoms with van der Waals surface area (Å²) in [6.07, 6.45) is 8.05. The summed E-state index contributed by atoms with van der Waals surface area (Å²) in [5.74, 6) is 0.945. The monoisotopic (exact) mass is 276 g/mol. The van der Waals surface area contributed by atoms with Gasteiger partial charge in [0.1, 0.15) is 5.75 Å². The summed E-state index contributed by atoms with van der Waals surface area (Å²) in [5.41, 5.74) is 6.77. The van der Waals surface area contributed by atoms with Crippen molar-refractivity contribution in [3.05, 3.63) is 29.8 Å². The summed E-state index contributed by atoms with van der Waals surface area (Å²) in [6, 6.07) is 8.09. The van der Waals surface area contributed by atoms with Crippen molar-refractivity contribution < 1.29 is 4.74 Å². The van der Waals surface area contributed by atoms with Gasteiger partial charge in [-0.05, 0) is 50.0 Å². The zero-order chi connectivity index (χ0) is 14.0. The second kappa shape index (κ2) is 8.98. The van der Waals surface area contributed by atoms with Crippen LogP contribution in [0, 0.1) is 0 Å². The molecule has 0 saturated carbocycles. The first-order valence-corrected chi connectivity index (χ1v) is 8.02. The van der Waals surface area contributed by atoms with Gasteiger partial charge in [-0.1, -0.05) is 31.4 Å². The van der Waals surface area contributed by atoms with Gasteiger partial charge in [-0.15, -0.1) is 0 Å². The molecule has 1 aromatic rings. The second-order valence-electron chi connectivity index (χ2n) is 5.66. The normalized spacial score (nSPS) is 17.4. The Labute approximate surface area is 123 Å². The van der Waals surface area contributed by atoms with Crippen molar-refractivity contribution in [1.82, 2.24) is 4.90 Å². The zero-order valence-corrected chi connectivity index (χ0v) is 12.5. The molecule has 20 heavy (non-hydrogen) atoms. The number of rotatable bonds is 6. The largest absolute Gasteiger partial charge is 0.494 e. The molecule has 112 valence electrons. The van der Waals surface area contributed by atoms with Crippen LogP contribution in [0.1, 0.15) is 44.1 Å². The Hall–Kier alpha value is -1.06. The number of ether oxygens (including phenoxy) is 1. The Bertz CT molecular complexity index is 373. The molecule has 0 unspecified atom stereocenters. The third-order valence-electron chi connectivity index (χ3n) is 3.97. The molecule has 0 bridgehead atoms. The van der Waals surface area contributed by atoms with E-state index < -0.39 is 0 Å². The maximum atomic E-state index is 5.81. The average molecular weight is 276 g/mol. The Kier molecular flexibility index (Phi) is 6.89. The van der Waals surface area contributed by atoms with Gasteiger partial charge in [0.2, 0.25) is 0 Å². The number of hydrogen-bond donors (Lipinski definition) is 1. The Balaban J connectivity index is 1.64.